The number of carbonyl (C=O) groups is 1. The second-order valence-electron chi connectivity index (χ2n) is 6.07. The second kappa shape index (κ2) is 5.70. The molecule has 0 spiro atoms. The van der Waals surface area contributed by atoms with Crippen molar-refractivity contribution in [1.29, 1.82) is 0 Å². The van der Waals surface area contributed by atoms with Crippen LogP contribution in [0.4, 0.5) is 17.3 Å². The highest BCUT2D eigenvalue weighted by molar-refractivity contribution is 6.30. The molecular weight excluding hydrogens is 316 g/mol. The van der Waals surface area contributed by atoms with Gasteiger partial charge in [0, 0.05) is 12.7 Å². The zero-order valence-corrected chi connectivity index (χ0v) is 13.9. The van der Waals surface area contributed by atoms with Crippen molar-refractivity contribution in [2.75, 3.05) is 23.9 Å². The third-order valence-corrected chi connectivity index (χ3v) is 3.86. The molecular formula is C16H17ClN4O2. The highest BCUT2D eigenvalue weighted by Crippen LogP contribution is 2.37. The molecule has 120 valence electrons. The molecule has 0 aliphatic carbocycles. The van der Waals surface area contributed by atoms with E-state index in [9.17, 15) is 4.79 Å². The Labute approximate surface area is 139 Å². The van der Waals surface area contributed by atoms with Crippen molar-refractivity contribution in [1.82, 2.24) is 9.97 Å². The largest absolute Gasteiger partial charge is 0.490 e. The van der Waals surface area contributed by atoms with E-state index in [1.165, 1.54) is 12.4 Å². The van der Waals surface area contributed by atoms with E-state index in [2.05, 4.69) is 15.3 Å². The molecule has 6 nitrogen and oxygen atoms in total. The molecule has 1 N–H and O–H groups in total. The lowest BCUT2D eigenvalue weighted by Gasteiger charge is -2.24. The summed E-state index contributed by atoms with van der Waals surface area (Å²) < 4.78 is 5.79. The van der Waals surface area contributed by atoms with Gasteiger partial charge in [-0.1, -0.05) is 11.6 Å². The highest BCUT2D eigenvalue weighted by Gasteiger charge is 2.36. The molecule has 0 saturated heterocycles. The maximum absolute atomic E-state index is 12.5. The molecule has 0 fully saturated rings. The minimum Gasteiger partial charge on any atom is -0.490 e. The number of rotatable bonds is 2. The van der Waals surface area contributed by atoms with Crippen LogP contribution < -0.4 is 15.0 Å². The fraction of sp³-hybridized carbons (Fsp3) is 0.312. The fourth-order valence-electron chi connectivity index (χ4n) is 2.37. The number of nitrogens with zero attached hydrogens (tertiary/aromatic N) is 3. The molecule has 3 rings (SSSR count). The zero-order chi connectivity index (χ0) is 16.6. The first kappa shape index (κ1) is 15.6. The zero-order valence-electron chi connectivity index (χ0n) is 13.1. The lowest BCUT2D eigenvalue weighted by atomic mass is 9.93. The number of hydrogen-bond donors (Lipinski definition) is 1. The van der Waals surface area contributed by atoms with Gasteiger partial charge in [-0.25, -0.2) is 9.97 Å². The van der Waals surface area contributed by atoms with Crippen molar-refractivity contribution in [2.24, 2.45) is 5.41 Å². The number of halogens is 1. The van der Waals surface area contributed by atoms with E-state index in [1.54, 1.807) is 11.9 Å². The average molecular weight is 333 g/mol. The molecule has 1 aliphatic rings. The van der Waals surface area contributed by atoms with Crippen LogP contribution in [0.25, 0.3) is 0 Å². The Hall–Kier alpha value is -2.34. The van der Waals surface area contributed by atoms with E-state index in [0.29, 0.717) is 29.0 Å². The first-order chi connectivity index (χ1) is 10.9. The smallest absolute Gasteiger partial charge is 0.235 e. The molecule has 0 bridgehead atoms. The van der Waals surface area contributed by atoms with Crippen LogP contribution in [0, 0.1) is 5.41 Å². The van der Waals surface area contributed by atoms with Crippen LogP contribution >= 0.6 is 11.6 Å². The molecule has 1 aromatic heterocycles. The summed E-state index contributed by atoms with van der Waals surface area (Å²) in [5, 5.41) is 3.55. The lowest BCUT2D eigenvalue weighted by Crippen LogP contribution is -2.39. The molecule has 1 aliphatic heterocycles. The van der Waals surface area contributed by atoms with E-state index in [-0.39, 0.29) is 5.91 Å². The normalized spacial score (nSPS) is 16.3. The summed E-state index contributed by atoms with van der Waals surface area (Å²) in [4.78, 5) is 22.3. The molecule has 0 atom stereocenters. The average Bonchev–Trinajstić information content (AvgIpc) is 2.61. The van der Waals surface area contributed by atoms with Gasteiger partial charge in [0.15, 0.2) is 0 Å². The highest BCUT2D eigenvalue weighted by atomic mass is 35.5. The lowest BCUT2D eigenvalue weighted by molar-refractivity contribution is -0.127. The number of ether oxygens (including phenoxy) is 1. The Morgan fingerprint density at radius 3 is 2.70 bits per heavy atom. The number of anilines is 3. The van der Waals surface area contributed by atoms with Crippen LogP contribution in [-0.2, 0) is 4.79 Å². The quantitative estimate of drug-likeness (QED) is 0.914. The van der Waals surface area contributed by atoms with Crippen LogP contribution in [0.1, 0.15) is 13.8 Å². The van der Waals surface area contributed by atoms with Crippen LogP contribution in [-0.4, -0.2) is 29.5 Å². The van der Waals surface area contributed by atoms with Gasteiger partial charge in [-0.3, -0.25) is 4.79 Å². The number of amides is 1. The van der Waals surface area contributed by atoms with Gasteiger partial charge in [-0.15, -0.1) is 0 Å². The number of hydrogen-bond acceptors (Lipinski definition) is 5. The Morgan fingerprint density at radius 1 is 1.30 bits per heavy atom. The minimum absolute atomic E-state index is 0.0103. The second-order valence-corrected chi connectivity index (χ2v) is 6.51. The van der Waals surface area contributed by atoms with E-state index < -0.39 is 5.41 Å². The Bertz CT molecular complexity index is 746. The number of carbonyl (C=O) groups excluding carboxylic acids is 1. The van der Waals surface area contributed by atoms with Crippen LogP contribution in [0.5, 0.6) is 5.75 Å². The van der Waals surface area contributed by atoms with Gasteiger partial charge in [-0.2, -0.15) is 0 Å². The van der Waals surface area contributed by atoms with E-state index in [1.807, 2.05) is 32.0 Å². The Balaban J connectivity index is 1.91. The summed E-state index contributed by atoms with van der Waals surface area (Å²) in [5.41, 5.74) is 0.897. The third-order valence-electron chi connectivity index (χ3n) is 3.67. The van der Waals surface area contributed by atoms with Crippen molar-refractivity contribution in [2.45, 2.75) is 13.8 Å². The van der Waals surface area contributed by atoms with Gasteiger partial charge in [-0.05, 0) is 32.0 Å². The Morgan fingerprint density at radius 2 is 2.00 bits per heavy atom. The summed E-state index contributed by atoms with van der Waals surface area (Å²) in [5.74, 6) is 1.11. The van der Waals surface area contributed by atoms with Gasteiger partial charge >= 0.3 is 0 Å². The molecule has 0 unspecified atom stereocenters. The van der Waals surface area contributed by atoms with Crippen molar-refractivity contribution < 1.29 is 9.53 Å². The van der Waals surface area contributed by atoms with Crippen molar-refractivity contribution in [3.8, 4) is 5.75 Å². The Kier molecular flexibility index (Phi) is 3.85. The van der Waals surface area contributed by atoms with Crippen LogP contribution in [0.15, 0.2) is 30.6 Å². The molecule has 1 amide bonds. The SMILES string of the molecule is CN1C(=O)C(C)(C)COc2ccc(Nc3ncc(Cl)cn3)cc21. The summed E-state index contributed by atoms with van der Waals surface area (Å²) in [6.07, 6.45) is 3.03. The third kappa shape index (κ3) is 3.07. The van der Waals surface area contributed by atoms with E-state index in [4.69, 9.17) is 16.3 Å². The number of nitrogens with one attached hydrogen (secondary N) is 1. The van der Waals surface area contributed by atoms with Gasteiger partial charge < -0.3 is 15.0 Å². The van der Waals surface area contributed by atoms with Gasteiger partial charge in [0.1, 0.15) is 12.4 Å². The van der Waals surface area contributed by atoms with Crippen molar-refractivity contribution >= 4 is 34.8 Å². The van der Waals surface area contributed by atoms with Gasteiger partial charge in [0.2, 0.25) is 11.9 Å². The number of benzene rings is 1. The number of aromatic nitrogens is 2. The molecule has 2 heterocycles. The minimum atomic E-state index is -0.569. The predicted octanol–water partition coefficient (Wildman–Crippen LogP) is 3.26. The summed E-state index contributed by atoms with van der Waals surface area (Å²) in [6, 6.07) is 5.53. The molecule has 23 heavy (non-hydrogen) atoms. The van der Waals surface area contributed by atoms with Crippen LogP contribution in [0.3, 0.4) is 0 Å². The standard InChI is InChI=1S/C16H17ClN4O2/c1-16(2)9-23-13-5-4-11(6-12(13)21(3)14(16)22)20-15-18-7-10(17)8-19-15/h4-8H,9H2,1-3H3,(H,18,19,20). The van der Waals surface area contributed by atoms with Crippen molar-refractivity contribution in [3.05, 3.63) is 35.6 Å². The monoisotopic (exact) mass is 332 g/mol. The van der Waals surface area contributed by atoms with Gasteiger partial charge in [0.25, 0.3) is 0 Å². The first-order valence-electron chi connectivity index (χ1n) is 7.16. The summed E-state index contributed by atoms with van der Waals surface area (Å²) in [7, 11) is 1.75. The molecule has 0 saturated carbocycles. The maximum Gasteiger partial charge on any atom is 0.235 e. The van der Waals surface area contributed by atoms with Gasteiger partial charge in [0.05, 0.1) is 28.5 Å². The first-order valence-corrected chi connectivity index (χ1v) is 7.54. The maximum atomic E-state index is 12.5. The summed E-state index contributed by atoms with van der Waals surface area (Å²) in [6.45, 7) is 4.09. The predicted molar refractivity (Wildman–Crippen MR) is 89.5 cm³/mol. The number of fused-ring (bicyclic) bond motifs is 1. The molecule has 7 heteroatoms. The fourth-order valence-corrected chi connectivity index (χ4v) is 2.47. The van der Waals surface area contributed by atoms with Crippen molar-refractivity contribution in [3.63, 3.8) is 0 Å². The van der Waals surface area contributed by atoms with Crippen LogP contribution in [0.2, 0.25) is 5.02 Å². The molecule has 2 aromatic rings. The topological polar surface area (TPSA) is 67.3 Å². The van der Waals surface area contributed by atoms with E-state index >= 15 is 0 Å². The molecule has 1 aromatic carbocycles. The molecule has 0 radical (unpaired) electrons. The summed E-state index contributed by atoms with van der Waals surface area (Å²) >= 11 is 5.78. The van der Waals surface area contributed by atoms with E-state index in [0.717, 1.165) is 5.69 Å².